The summed E-state index contributed by atoms with van der Waals surface area (Å²) < 4.78 is 0. The quantitative estimate of drug-likeness (QED) is 0.346. The van der Waals surface area contributed by atoms with E-state index in [0.717, 1.165) is 0 Å². The fourth-order valence-electron chi connectivity index (χ4n) is 4.01. The summed E-state index contributed by atoms with van der Waals surface area (Å²) in [6.07, 6.45) is 1.36. The van der Waals surface area contributed by atoms with Crippen molar-refractivity contribution in [1.82, 2.24) is 25.1 Å². The Labute approximate surface area is 194 Å². The molecule has 1 aliphatic rings. The van der Waals surface area contributed by atoms with Crippen LogP contribution in [-0.2, 0) is 4.79 Å². The number of hydrogen-bond acceptors (Lipinski definition) is 5. The topological polar surface area (TPSA) is 115 Å². The molecule has 33 heavy (non-hydrogen) atoms. The van der Waals surface area contributed by atoms with Crippen molar-refractivity contribution >= 4 is 46.1 Å². The molecule has 0 saturated carbocycles. The maximum atomic E-state index is 13.1. The van der Waals surface area contributed by atoms with Gasteiger partial charge in [-0.2, -0.15) is 0 Å². The van der Waals surface area contributed by atoms with Gasteiger partial charge in [-0.05, 0) is 25.1 Å². The number of fused-ring (bicyclic) bond motifs is 1. The summed E-state index contributed by atoms with van der Waals surface area (Å²) in [6.45, 7) is 2.65. The zero-order valence-electron chi connectivity index (χ0n) is 18.1. The highest BCUT2D eigenvalue weighted by molar-refractivity contribution is 6.45. The molecule has 0 unspecified atom stereocenters. The molecule has 170 valence electrons. The maximum absolute atomic E-state index is 13.1. The number of piperazine rings is 1. The molecule has 0 spiro atoms. The summed E-state index contributed by atoms with van der Waals surface area (Å²) >= 11 is 6.06. The Morgan fingerprint density at radius 3 is 2.52 bits per heavy atom. The van der Waals surface area contributed by atoms with Crippen LogP contribution < -0.4 is 5.32 Å². The number of aromatic amines is 1. The molecule has 2 aromatic heterocycles. The molecule has 1 saturated heterocycles. The number of Topliss-reactive ketones (excluding diaryl/α,β-unsaturated/α-hetero) is 1. The number of halogens is 1. The van der Waals surface area contributed by atoms with Crippen molar-refractivity contribution in [3.8, 4) is 0 Å². The molecule has 0 bridgehead atoms. The van der Waals surface area contributed by atoms with Crippen LogP contribution in [0.2, 0.25) is 5.15 Å². The number of aromatic nitrogens is 2. The fraction of sp³-hybridized carbons (Fsp3) is 0.261. The van der Waals surface area contributed by atoms with E-state index in [-0.39, 0.29) is 40.3 Å². The maximum Gasteiger partial charge on any atom is 0.295 e. The molecule has 10 heteroatoms. The second kappa shape index (κ2) is 9.03. The number of amides is 3. The van der Waals surface area contributed by atoms with Gasteiger partial charge >= 0.3 is 0 Å². The largest absolute Gasteiger partial charge is 0.358 e. The monoisotopic (exact) mass is 467 g/mol. The molecular formula is C23H22ClN5O4. The Morgan fingerprint density at radius 2 is 1.85 bits per heavy atom. The lowest BCUT2D eigenvalue weighted by atomic mass is 10.1. The van der Waals surface area contributed by atoms with E-state index in [1.807, 2.05) is 6.07 Å². The highest BCUT2D eigenvalue weighted by atomic mass is 35.5. The molecular weight excluding hydrogens is 446 g/mol. The molecule has 3 aromatic rings. The van der Waals surface area contributed by atoms with Crippen LogP contribution in [0.3, 0.4) is 0 Å². The van der Waals surface area contributed by atoms with Gasteiger partial charge in [0.2, 0.25) is 0 Å². The first-order valence-corrected chi connectivity index (χ1v) is 10.8. The standard InChI is InChI=1S/C23H22ClN5O4/c1-13-12-28(22(32)14-6-4-3-5-7-14)8-9-29(13)23(33)20(30)16-11-26-18-15(21(31)25-2)10-17(24)27-19(16)18/h3-7,10-11,13,26H,8-9,12H2,1-2H3,(H,25,31)/t13-/m1/s1. The Morgan fingerprint density at radius 1 is 1.12 bits per heavy atom. The summed E-state index contributed by atoms with van der Waals surface area (Å²) in [7, 11) is 1.48. The Hall–Kier alpha value is -3.72. The highest BCUT2D eigenvalue weighted by Gasteiger charge is 2.34. The van der Waals surface area contributed by atoms with Crippen LogP contribution in [0, 0.1) is 0 Å². The van der Waals surface area contributed by atoms with Gasteiger partial charge in [-0.3, -0.25) is 19.2 Å². The van der Waals surface area contributed by atoms with Gasteiger partial charge in [-0.25, -0.2) is 4.98 Å². The number of carbonyl (C=O) groups excluding carboxylic acids is 4. The third-order valence-corrected chi connectivity index (χ3v) is 5.90. The zero-order chi connectivity index (χ0) is 23.7. The van der Waals surface area contributed by atoms with E-state index in [9.17, 15) is 19.2 Å². The highest BCUT2D eigenvalue weighted by Crippen LogP contribution is 2.25. The van der Waals surface area contributed by atoms with E-state index in [2.05, 4.69) is 15.3 Å². The SMILES string of the molecule is CNC(=O)c1cc(Cl)nc2c(C(=O)C(=O)N3CCN(C(=O)c4ccccc4)C[C@H]3C)c[nH]c12. The number of hydrogen-bond donors (Lipinski definition) is 2. The molecule has 2 N–H and O–H groups in total. The van der Waals surface area contributed by atoms with Crippen molar-refractivity contribution in [3.63, 3.8) is 0 Å². The van der Waals surface area contributed by atoms with Crippen LogP contribution >= 0.6 is 11.6 Å². The van der Waals surface area contributed by atoms with Crippen LogP contribution in [-0.4, -0.2) is 76.0 Å². The lowest BCUT2D eigenvalue weighted by Crippen LogP contribution is -2.56. The van der Waals surface area contributed by atoms with Gasteiger partial charge in [-0.15, -0.1) is 0 Å². The molecule has 1 aromatic carbocycles. The van der Waals surface area contributed by atoms with E-state index in [1.54, 1.807) is 36.1 Å². The molecule has 1 atom stereocenters. The minimum absolute atomic E-state index is 0.0311. The summed E-state index contributed by atoms with van der Waals surface area (Å²) in [5.41, 5.74) is 1.32. The number of nitrogens with zero attached hydrogens (tertiary/aromatic N) is 3. The fourth-order valence-corrected chi connectivity index (χ4v) is 4.20. The summed E-state index contributed by atoms with van der Waals surface area (Å²) in [4.78, 5) is 61.2. The summed E-state index contributed by atoms with van der Waals surface area (Å²) in [6, 6.07) is 9.96. The van der Waals surface area contributed by atoms with Gasteiger partial charge in [0.1, 0.15) is 10.7 Å². The molecule has 9 nitrogen and oxygen atoms in total. The van der Waals surface area contributed by atoms with Crippen LogP contribution in [0.4, 0.5) is 0 Å². The Kier molecular flexibility index (Phi) is 6.15. The van der Waals surface area contributed by atoms with Gasteiger partial charge in [0, 0.05) is 44.5 Å². The Balaban J connectivity index is 1.54. The minimum Gasteiger partial charge on any atom is -0.358 e. The van der Waals surface area contributed by atoms with Crippen molar-refractivity contribution < 1.29 is 19.2 Å². The normalized spacial score (nSPS) is 16.0. The Bertz CT molecular complexity index is 1260. The van der Waals surface area contributed by atoms with E-state index in [1.165, 1.54) is 24.2 Å². The van der Waals surface area contributed by atoms with Crippen molar-refractivity contribution in [2.75, 3.05) is 26.7 Å². The molecule has 0 radical (unpaired) electrons. The minimum atomic E-state index is -0.756. The van der Waals surface area contributed by atoms with Gasteiger partial charge in [0.05, 0.1) is 16.6 Å². The number of rotatable bonds is 4. The van der Waals surface area contributed by atoms with Crippen molar-refractivity contribution in [2.24, 2.45) is 0 Å². The predicted molar refractivity (Wildman–Crippen MR) is 122 cm³/mol. The first-order chi connectivity index (χ1) is 15.8. The lowest BCUT2D eigenvalue weighted by molar-refractivity contribution is -0.130. The third kappa shape index (κ3) is 4.19. The van der Waals surface area contributed by atoms with Gasteiger partial charge in [0.15, 0.2) is 0 Å². The number of carbonyl (C=O) groups is 4. The predicted octanol–water partition coefficient (Wildman–Crippen LogP) is 2.13. The zero-order valence-corrected chi connectivity index (χ0v) is 18.8. The first kappa shape index (κ1) is 22.5. The van der Waals surface area contributed by atoms with Crippen LogP contribution in [0.15, 0.2) is 42.6 Å². The van der Waals surface area contributed by atoms with E-state index < -0.39 is 17.6 Å². The van der Waals surface area contributed by atoms with E-state index in [4.69, 9.17) is 11.6 Å². The van der Waals surface area contributed by atoms with Gasteiger partial charge < -0.3 is 20.1 Å². The van der Waals surface area contributed by atoms with Crippen LogP contribution in [0.25, 0.3) is 11.0 Å². The van der Waals surface area contributed by atoms with Gasteiger partial charge in [0.25, 0.3) is 23.5 Å². The van der Waals surface area contributed by atoms with Crippen molar-refractivity contribution in [3.05, 3.63) is 64.4 Å². The molecule has 1 fully saturated rings. The number of ketones is 1. The average Bonchev–Trinajstić information content (AvgIpc) is 3.25. The number of benzene rings is 1. The lowest BCUT2D eigenvalue weighted by Gasteiger charge is -2.39. The number of pyridine rings is 1. The van der Waals surface area contributed by atoms with Gasteiger partial charge in [-0.1, -0.05) is 29.8 Å². The number of nitrogens with one attached hydrogen (secondary N) is 2. The molecule has 3 heterocycles. The molecule has 4 rings (SSSR count). The van der Waals surface area contributed by atoms with Crippen molar-refractivity contribution in [1.29, 1.82) is 0 Å². The van der Waals surface area contributed by atoms with E-state index in [0.29, 0.717) is 24.2 Å². The third-order valence-electron chi connectivity index (χ3n) is 5.71. The second-order valence-corrected chi connectivity index (χ2v) is 8.18. The average molecular weight is 468 g/mol. The van der Waals surface area contributed by atoms with Crippen molar-refractivity contribution in [2.45, 2.75) is 13.0 Å². The second-order valence-electron chi connectivity index (χ2n) is 7.79. The van der Waals surface area contributed by atoms with E-state index >= 15 is 0 Å². The smallest absolute Gasteiger partial charge is 0.295 e. The summed E-state index contributed by atoms with van der Waals surface area (Å²) in [5.74, 6) is -1.96. The molecule has 1 aliphatic heterocycles. The van der Waals surface area contributed by atoms with Crippen LogP contribution in [0.5, 0.6) is 0 Å². The first-order valence-electron chi connectivity index (χ1n) is 10.4. The van der Waals surface area contributed by atoms with Crippen LogP contribution in [0.1, 0.15) is 38.0 Å². The summed E-state index contributed by atoms with van der Waals surface area (Å²) in [5, 5.41) is 2.54. The molecule has 3 amide bonds. The number of H-pyrrole nitrogens is 1. The molecule has 0 aliphatic carbocycles.